The predicted octanol–water partition coefficient (Wildman–Crippen LogP) is 1.31. The van der Waals surface area contributed by atoms with E-state index >= 15 is 0 Å². The van der Waals surface area contributed by atoms with Gasteiger partial charge in [-0.1, -0.05) is 0 Å². The molecule has 4 heteroatoms. The van der Waals surface area contributed by atoms with Gasteiger partial charge in [0, 0.05) is 25.4 Å². The summed E-state index contributed by atoms with van der Waals surface area (Å²) in [5.74, 6) is 2.45. The SMILES string of the molecule is O=C=Cc1ccnc(N2CCCCC2)n1. The van der Waals surface area contributed by atoms with E-state index in [1.807, 2.05) is 0 Å². The van der Waals surface area contributed by atoms with E-state index in [2.05, 4.69) is 14.9 Å². The molecule has 0 amide bonds. The molecule has 1 fully saturated rings. The average molecular weight is 203 g/mol. The number of rotatable bonds is 2. The summed E-state index contributed by atoms with van der Waals surface area (Å²) in [5, 5.41) is 0. The van der Waals surface area contributed by atoms with Crippen molar-refractivity contribution < 1.29 is 4.79 Å². The number of carbonyl (C=O) groups excluding carboxylic acids is 1. The van der Waals surface area contributed by atoms with Crippen LogP contribution in [-0.4, -0.2) is 29.0 Å². The highest BCUT2D eigenvalue weighted by molar-refractivity contribution is 5.73. The number of anilines is 1. The van der Waals surface area contributed by atoms with Gasteiger partial charge in [0.1, 0.15) is 5.94 Å². The van der Waals surface area contributed by atoms with Crippen molar-refractivity contribution in [3.05, 3.63) is 18.0 Å². The molecule has 0 radical (unpaired) electrons. The fourth-order valence-corrected chi connectivity index (χ4v) is 1.75. The second-order valence-electron chi connectivity index (χ2n) is 3.59. The van der Waals surface area contributed by atoms with Crippen LogP contribution in [0, 0.1) is 0 Å². The lowest BCUT2D eigenvalue weighted by Crippen LogP contribution is -2.31. The molecule has 78 valence electrons. The Bertz CT molecular complexity index is 379. The fraction of sp³-hybridized carbons (Fsp3) is 0.455. The van der Waals surface area contributed by atoms with E-state index in [9.17, 15) is 4.79 Å². The first kappa shape index (κ1) is 9.87. The van der Waals surface area contributed by atoms with E-state index in [1.165, 1.54) is 25.3 Å². The maximum absolute atomic E-state index is 10.2. The van der Waals surface area contributed by atoms with Crippen LogP contribution >= 0.6 is 0 Å². The highest BCUT2D eigenvalue weighted by atomic mass is 16.1. The Morgan fingerprint density at radius 2 is 2.13 bits per heavy atom. The third kappa shape index (κ3) is 2.42. The second-order valence-corrected chi connectivity index (χ2v) is 3.59. The van der Waals surface area contributed by atoms with E-state index in [1.54, 1.807) is 18.2 Å². The highest BCUT2D eigenvalue weighted by Gasteiger charge is 2.12. The molecule has 2 rings (SSSR count). The summed E-state index contributed by atoms with van der Waals surface area (Å²) >= 11 is 0. The zero-order valence-corrected chi connectivity index (χ0v) is 8.52. The number of aromatic nitrogens is 2. The van der Waals surface area contributed by atoms with Crippen LogP contribution in [0.2, 0.25) is 0 Å². The highest BCUT2D eigenvalue weighted by Crippen LogP contribution is 2.15. The molecule has 1 aromatic rings. The number of nitrogens with zero attached hydrogens (tertiary/aromatic N) is 3. The molecule has 0 bridgehead atoms. The lowest BCUT2D eigenvalue weighted by molar-refractivity contribution is 0.567. The quantitative estimate of drug-likeness (QED) is 0.680. The van der Waals surface area contributed by atoms with Crippen molar-refractivity contribution in [1.29, 1.82) is 0 Å². The van der Waals surface area contributed by atoms with Crippen LogP contribution in [0.15, 0.2) is 12.3 Å². The zero-order chi connectivity index (χ0) is 10.5. The maximum Gasteiger partial charge on any atom is 0.225 e. The molecular weight excluding hydrogens is 190 g/mol. The Morgan fingerprint density at radius 1 is 1.33 bits per heavy atom. The molecule has 1 saturated heterocycles. The van der Waals surface area contributed by atoms with Gasteiger partial charge >= 0.3 is 0 Å². The van der Waals surface area contributed by atoms with Gasteiger partial charge in [0.2, 0.25) is 5.95 Å². The topological polar surface area (TPSA) is 46.1 Å². The molecule has 0 N–H and O–H groups in total. The number of piperidine rings is 1. The van der Waals surface area contributed by atoms with Crippen LogP contribution in [0.4, 0.5) is 5.95 Å². The molecule has 0 spiro atoms. The summed E-state index contributed by atoms with van der Waals surface area (Å²) in [5.41, 5.74) is 0.626. The Hall–Kier alpha value is -1.67. The van der Waals surface area contributed by atoms with Crippen molar-refractivity contribution in [2.45, 2.75) is 19.3 Å². The lowest BCUT2D eigenvalue weighted by atomic mass is 10.1. The summed E-state index contributed by atoms with van der Waals surface area (Å²) in [7, 11) is 0. The van der Waals surface area contributed by atoms with Crippen molar-refractivity contribution in [3.8, 4) is 0 Å². The first-order valence-electron chi connectivity index (χ1n) is 5.19. The van der Waals surface area contributed by atoms with Crippen LogP contribution in [-0.2, 0) is 4.79 Å². The Labute approximate surface area is 88.7 Å². The molecule has 1 aliphatic heterocycles. The molecule has 0 saturated carbocycles. The molecule has 2 heterocycles. The first-order chi connectivity index (χ1) is 7.40. The lowest BCUT2D eigenvalue weighted by Gasteiger charge is -2.26. The van der Waals surface area contributed by atoms with Crippen LogP contribution in [0.1, 0.15) is 25.0 Å². The summed E-state index contributed by atoms with van der Waals surface area (Å²) in [6, 6.07) is 1.71. The molecule has 4 nitrogen and oxygen atoms in total. The molecule has 0 aromatic carbocycles. The minimum atomic E-state index is 0.626. The largest absolute Gasteiger partial charge is 0.341 e. The van der Waals surface area contributed by atoms with Gasteiger partial charge in [-0.05, 0) is 25.3 Å². The van der Waals surface area contributed by atoms with Crippen LogP contribution in [0.3, 0.4) is 0 Å². The molecule has 1 aliphatic rings. The van der Waals surface area contributed by atoms with Gasteiger partial charge in [0.25, 0.3) is 0 Å². The van der Waals surface area contributed by atoms with Gasteiger partial charge in [-0.3, -0.25) is 0 Å². The number of hydrogen-bond donors (Lipinski definition) is 0. The Balaban J connectivity index is 2.19. The van der Waals surface area contributed by atoms with Crippen LogP contribution in [0.25, 0.3) is 6.08 Å². The van der Waals surface area contributed by atoms with Gasteiger partial charge < -0.3 is 4.90 Å². The van der Waals surface area contributed by atoms with E-state index in [0.717, 1.165) is 19.0 Å². The van der Waals surface area contributed by atoms with Crippen molar-refractivity contribution in [3.63, 3.8) is 0 Å². The standard InChI is InChI=1S/C11H13N3O/c15-9-5-10-4-6-12-11(13-10)14-7-2-1-3-8-14/h4-6H,1-3,7-8H2. The molecule has 1 aromatic heterocycles. The minimum Gasteiger partial charge on any atom is -0.341 e. The summed E-state index contributed by atoms with van der Waals surface area (Å²) in [4.78, 5) is 20.9. The van der Waals surface area contributed by atoms with Crippen molar-refractivity contribution in [2.75, 3.05) is 18.0 Å². The monoisotopic (exact) mass is 203 g/mol. The Morgan fingerprint density at radius 3 is 2.87 bits per heavy atom. The molecular formula is C11H13N3O. The van der Waals surface area contributed by atoms with Crippen molar-refractivity contribution >= 4 is 18.0 Å². The maximum atomic E-state index is 10.2. The number of hydrogen-bond acceptors (Lipinski definition) is 4. The van der Waals surface area contributed by atoms with Gasteiger partial charge in [-0.15, -0.1) is 0 Å². The van der Waals surface area contributed by atoms with E-state index in [4.69, 9.17) is 0 Å². The van der Waals surface area contributed by atoms with Crippen molar-refractivity contribution in [2.24, 2.45) is 0 Å². The summed E-state index contributed by atoms with van der Waals surface area (Å²) < 4.78 is 0. The molecule has 0 aliphatic carbocycles. The second kappa shape index (κ2) is 4.71. The average Bonchev–Trinajstić information content (AvgIpc) is 2.31. The summed E-state index contributed by atoms with van der Waals surface area (Å²) in [6.07, 6.45) is 6.67. The molecule has 15 heavy (non-hydrogen) atoms. The zero-order valence-electron chi connectivity index (χ0n) is 8.52. The van der Waals surface area contributed by atoms with Crippen molar-refractivity contribution in [1.82, 2.24) is 9.97 Å². The third-order valence-corrected chi connectivity index (χ3v) is 2.51. The smallest absolute Gasteiger partial charge is 0.225 e. The van der Waals surface area contributed by atoms with E-state index in [-0.39, 0.29) is 0 Å². The van der Waals surface area contributed by atoms with Crippen LogP contribution < -0.4 is 4.90 Å². The molecule has 0 unspecified atom stereocenters. The van der Waals surface area contributed by atoms with Crippen LogP contribution in [0.5, 0.6) is 0 Å². The van der Waals surface area contributed by atoms with E-state index < -0.39 is 0 Å². The first-order valence-corrected chi connectivity index (χ1v) is 5.19. The van der Waals surface area contributed by atoms with E-state index in [0.29, 0.717) is 5.69 Å². The summed E-state index contributed by atoms with van der Waals surface area (Å²) in [6.45, 7) is 2.02. The third-order valence-electron chi connectivity index (χ3n) is 2.51. The Kier molecular flexibility index (Phi) is 3.10. The normalized spacial score (nSPS) is 15.9. The predicted molar refractivity (Wildman–Crippen MR) is 58.3 cm³/mol. The minimum absolute atomic E-state index is 0.626. The van der Waals surface area contributed by atoms with Gasteiger partial charge in [0.15, 0.2) is 0 Å². The van der Waals surface area contributed by atoms with Gasteiger partial charge in [-0.25, -0.2) is 14.8 Å². The van der Waals surface area contributed by atoms with Gasteiger partial charge in [-0.2, -0.15) is 0 Å². The molecule has 0 atom stereocenters. The fourth-order valence-electron chi connectivity index (χ4n) is 1.75. The van der Waals surface area contributed by atoms with Gasteiger partial charge in [0.05, 0.1) is 5.69 Å².